The fourth-order valence-corrected chi connectivity index (χ4v) is 4.62. The molecule has 182 valence electrons. The SMILES string of the molecule is Cc1ccc(-c2ccccc2)n1-c1ccc(C(=O)N/N=C/c2cc(Cl)c(OCC(=O)O)c(Br)c2)cc1. The third-order valence-electron chi connectivity index (χ3n) is 5.27. The number of ether oxygens (including phenoxy) is 1. The lowest BCUT2D eigenvalue weighted by Crippen LogP contribution is -2.17. The molecule has 0 aliphatic carbocycles. The van der Waals surface area contributed by atoms with Gasteiger partial charge in [0.1, 0.15) is 0 Å². The third-order valence-corrected chi connectivity index (χ3v) is 6.14. The Balaban J connectivity index is 1.45. The van der Waals surface area contributed by atoms with E-state index in [4.69, 9.17) is 21.4 Å². The minimum atomic E-state index is -1.11. The smallest absolute Gasteiger partial charge is 0.341 e. The molecule has 4 rings (SSSR count). The van der Waals surface area contributed by atoms with E-state index >= 15 is 0 Å². The highest BCUT2D eigenvalue weighted by Gasteiger charge is 2.12. The summed E-state index contributed by atoms with van der Waals surface area (Å²) in [5.41, 5.74) is 7.75. The Morgan fingerprint density at radius 1 is 1.08 bits per heavy atom. The topological polar surface area (TPSA) is 92.9 Å². The number of hydrogen-bond acceptors (Lipinski definition) is 4. The molecule has 3 aromatic carbocycles. The van der Waals surface area contributed by atoms with Gasteiger partial charge in [-0.3, -0.25) is 4.79 Å². The highest BCUT2D eigenvalue weighted by atomic mass is 79.9. The molecule has 0 aliphatic rings. The predicted molar refractivity (Wildman–Crippen MR) is 143 cm³/mol. The molecule has 9 heteroatoms. The van der Waals surface area contributed by atoms with Crippen molar-refractivity contribution in [3.05, 3.63) is 105 Å². The number of benzene rings is 3. The standard InChI is InChI=1S/C27H21BrClN3O4/c1-17-7-12-24(19-5-3-2-4-6-19)32(17)21-10-8-20(9-11-21)27(35)31-30-15-18-13-22(28)26(23(29)14-18)36-16-25(33)34/h2-15H,16H2,1H3,(H,31,35)(H,33,34)/b30-15+. The predicted octanol–water partition coefficient (Wildman–Crippen LogP) is 6.10. The summed E-state index contributed by atoms with van der Waals surface area (Å²) in [4.78, 5) is 23.3. The Bertz CT molecular complexity index is 1410. The third kappa shape index (κ3) is 5.84. The van der Waals surface area contributed by atoms with Gasteiger partial charge >= 0.3 is 5.97 Å². The summed E-state index contributed by atoms with van der Waals surface area (Å²) in [5.74, 6) is -1.26. The van der Waals surface area contributed by atoms with Crippen LogP contribution in [0.5, 0.6) is 5.75 Å². The lowest BCUT2D eigenvalue weighted by molar-refractivity contribution is -0.139. The van der Waals surface area contributed by atoms with Crippen molar-refractivity contribution >= 4 is 45.6 Å². The molecule has 0 fully saturated rings. The second-order valence-corrected chi connectivity index (χ2v) is 9.07. The van der Waals surface area contributed by atoms with Crippen molar-refractivity contribution in [1.29, 1.82) is 0 Å². The van der Waals surface area contributed by atoms with Gasteiger partial charge in [0, 0.05) is 16.9 Å². The molecule has 7 nitrogen and oxygen atoms in total. The van der Waals surface area contributed by atoms with Crippen LogP contribution in [-0.4, -0.2) is 34.4 Å². The van der Waals surface area contributed by atoms with E-state index in [9.17, 15) is 9.59 Å². The van der Waals surface area contributed by atoms with E-state index in [-0.39, 0.29) is 16.7 Å². The van der Waals surface area contributed by atoms with Gasteiger partial charge < -0.3 is 14.4 Å². The van der Waals surface area contributed by atoms with Crippen LogP contribution in [-0.2, 0) is 4.79 Å². The van der Waals surface area contributed by atoms with E-state index in [1.54, 1.807) is 24.3 Å². The zero-order valence-electron chi connectivity index (χ0n) is 19.1. The van der Waals surface area contributed by atoms with E-state index in [2.05, 4.69) is 55.3 Å². The molecule has 1 heterocycles. The maximum atomic E-state index is 12.6. The highest BCUT2D eigenvalue weighted by Crippen LogP contribution is 2.34. The van der Waals surface area contributed by atoms with Crippen LogP contribution in [0, 0.1) is 6.92 Å². The normalized spacial score (nSPS) is 11.0. The Labute approximate surface area is 221 Å². The van der Waals surface area contributed by atoms with Crippen molar-refractivity contribution in [1.82, 2.24) is 9.99 Å². The largest absolute Gasteiger partial charge is 0.479 e. The molecule has 0 radical (unpaired) electrons. The van der Waals surface area contributed by atoms with E-state index in [1.807, 2.05) is 37.3 Å². The van der Waals surface area contributed by atoms with Gasteiger partial charge in [-0.1, -0.05) is 41.9 Å². The number of amides is 1. The number of halogens is 2. The van der Waals surface area contributed by atoms with Crippen LogP contribution < -0.4 is 10.2 Å². The van der Waals surface area contributed by atoms with Crippen LogP contribution in [0.2, 0.25) is 5.02 Å². The van der Waals surface area contributed by atoms with Crippen molar-refractivity contribution < 1.29 is 19.4 Å². The Morgan fingerprint density at radius 2 is 1.81 bits per heavy atom. The number of aliphatic carboxylic acids is 1. The summed E-state index contributed by atoms with van der Waals surface area (Å²) in [5, 5.41) is 13.0. The molecule has 1 amide bonds. The summed E-state index contributed by atoms with van der Waals surface area (Å²) in [6.07, 6.45) is 1.43. The number of hydrogen-bond donors (Lipinski definition) is 2. The average molecular weight is 567 g/mol. The molecular formula is C27H21BrClN3O4. The van der Waals surface area contributed by atoms with E-state index in [0.717, 1.165) is 22.6 Å². The minimum absolute atomic E-state index is 0.212. The average Bonchev–Trinajstić information content (AvgIpc) is 3.25. The minimum Gasteiger partial charge on any atom is -0.479 e. The van der Waals surface area contributed by atoms with Crippen LogP contribution in [0.25, 0.3) is 16.9 Å². The molecule has 0 aliphatic heterocycles. The number of aromatic nitrogens is 1. The lowest BCUT2D eigenvalue weighted by Gasteiger charge is -2.12. The lowest BCUT2D eigenvalue weighted by atomic mass is 10.1. The number of rotatable bonds is 8. The number of nitrogens with one attached hydrogen (secondary N) is 1. The molecule has 2 N–H and O–H groups in total. The zero-order valence-corrected chi connectivity index (χ0v) is 21.5. The Morgan fingerprint density at radius 3 is 2.47 bits per heavy atom. The van der Waals surface area contributed by atoms with E-state index < -0.39 is 12.6 Å². The molecule has 0 atom stereocenters. The molecule has 1 aromatic heterocycles. The Hall–Kier alpha value is -3.88. The van der Waals surface area contributed by atoms with Gasteiger partial charge in [-0.05, 0) is 82.5 Å². The first-order chi connectivity index (χ1) is 17.3. The number of aryl methyl sites for hydroxylation is 1. The van der Waals surface area contributed by atoms with Crippen molar-refractivity contribution in [3.8, 4) is 22.7 Å². The fourth-order valence-electron chi connectivity index (χ4n) is 3.63. The van der Waals surface area contributed by atoms with Gasteiger partial charge in [-0.25, -0.2) is 10.2 Å². The van der Waals surface area contributed by atoms with Gasteiger partial charge in [0.2, 0.25) is 0 Å². The van der Waals surface area contributed by atoms with Crippen molar-refractivity contribution in [2.75, 3.05) is 6.61 Å². The van der Waals surface area contributed by atoms with Crippen molar-refractivity contribution in [3.63, 3.8) is 0 Å². The van der Waals surface area contributed by atoms with Gasteiger partial charge in [0.15, 0.2) is 12.4 Å². The number of carboxylic acid groups (broad SMARTS) is 1. The molecule has 0 unspecified atom stereocenters. The quantitative estimate of drug-likeness (QED) is 0.199. The van der Waals surface area contributed by atoms with Crippen LogP contribution in [0.4, 0.5) is 0 Å². The molecule has 0 spiro atoms. The molecule has 0 saturated carbocycles. The second-order valence-electron chi connectivity index (χ2n) is 7.80. The van der Waals surface area contributed by atoms with Crippen LogP contribution in [0.1, 0.15) is 21.6 Å². The summed E-state index contributed by atoms with van der Waals surface area (Å²) in [7, 11) is 0. The summed E-state index contributed by atoms with van der Waals surface area (Å²) in [6, 6.07) is 24.7. The molecular weight excluding hydrogens is 546 g/mol. The van der Waals surface area contributed by atoms with Crippen molar-refractivity contribution in [2.24, 2.45) is 5.10 Å². The maximum Gasteiger partial charge on any atom is 0.341 e. The first-order valence-electron chi connectivity index (χ1n) is 10.8. The second kappa shape index (κ2) is 11.2. The molecule has 0 bridgehead atoms. The highest BCUT2D eigenvalue weighted by molar-refractivity contribution is 9.10. The number of hydrazone groups is 1. The van der Waals surface area contributed by atoms with Gasteiger partial charge in [0.05, 0.1) is 21.4 Å². The number of carbonyl (C=O) groups is 2. The molecule has 4 aromatic rings. The summed E-state index contributed by atoms with van der Waals surface area (Å²) >= 11 is 9.48. The van der Waals surface area contributed by atoms with Crippen molar-refractivity contribution in [2.45, 2.75) is 6.92 Å². The van der Waals surface area contributed by atoms with E-state index in [0.29, 0.717) is 15.6 Å². The zero-order chi connectivity index (χ0) is 25.7. The molecule has 0 saturated heterocycles. The summed E-state index contributed by atoms with van der Waals surface area (Å²) < 4.78 is 7.77. The first kappa shape index (κ1) is 25.2. The van der Waals surface area contributed by atoms with Crippen LogP contribution in [0.15, 0.2) is 88.4 Å². The first-order valence-corrected chi connectivity index (χ1v) is 12.0. The monoisotopic (exact) mass is 565 g/mol. The Kier molecular flexibility index (Phi) is 7.87. The van der Waals surface area contributed by atoms with E-state index in [1.165, 1.54) is 6.21 Å². The fraction of sp³-hybridized carbons (Fsp3) is 0.0741. The van der Waals surface area contributed by atoms with Gasteiger partial charge in [-0.15, -0.1) is 0 Å². The van der Waals surface area contributed by atoms with Gasteiger partial charge in [0.25, 0.3) is 5.91 Å². The maximum absolute atomic E-state index is 12.6. The molecule has 36 heavy (non-hydrogen) atoms. The van der Waals surface area contributed by atoms with Gasteiger partial charge in [-0.2, -0.15) is 5.10 Å². The van der Waals surface area contributed by atoms with Crippen LogP contribution in [0.3, 0.4) is 0 Å². The number of carboxylic acids is 1. The van der Waals surface area contributed by atoms with Crippen LogP contribution >= 0.6 is 27.5 Å². The number of carbonyl (C=O) groups excluding carboxylic acids is 1. The number of nitrogens with zero attached hydrogens (tertiary/aromatic N) is 2. The summed E-state index contributed by atoms with van der Waals surface area (Å²) in [6.45, 7) is 1.52.